The van der Waals surface area contributed by atoms with Gasteiger partial charge in [-0.1, -0.05) is 0 Å². The highest BCUT2D eigenvalue weighted by Gasteiger charge is 2.57. The molecule has 0 aromatic heterocycles. The Balaban J connectivity index is 1.84. The van der Waals surface area contributed by atoms with Crippen LogP contribution in [0.3, 0.4) is 0 Å². The first-order valence-electron chi connectivity index (χ1n) is 9.00. The summed E-state index contributed by atoms with van der Waals surface area (Å²) < 4.78 is 21.1. The van der Waals surface area contributed by atoms with Crippen molar-refractivity contribution < 1.29 is 54.4 Å². The SMILES string of the molecule is COC(=O)C1=COC(OC2OC(CO)C(O)C(O)C2O)[C@H]2[C@@H]1CC[C@]2(O)CO. The van der Waals surface area contributed by atoms with Crippen LogP contribution in [0.25, 0.3) is 0 Å². The average Bonchev–Trinajstić information content (AvgIpc) is 3.06. The summed E-state index contributed by atoms with van der Waals surface area (Å²) in [5, 5.41) is 59.7. The lowest BCUT2D eigenvalue weighted by molar-refractivity contribution is -0.347. The van der Waals surface area contributed by atoms with Crippen molar-refractivity contribution in [3.05, 3.63) is 11.8 Å². The van der Waals surface area contributed by atoms with Crippen molar-refractivity contribution in [1.82, 2.24) is 0 Å². The van der Waals surface area contributed by atoms with E-state index >= 15 is 0 Å². The van der Waals surface area contributed by atoms with E-state index in [4.69, 9.17) is 18.9 Å². The van der Waals surface area contributed by atoms with E-state index in [-0.39, 0.29) is 12.0 Å². The molecule has 3 aliphatic rings. The molecular formula is C17H26O11. The second kappa shape index (κ2) is 8.20. The van der Waals surface area contributed by atoms with Crippen LogP contribution in [0.1, 0.15) is 12.8 Å². The van der Waals surface area contributed by atoms with Gasteiger partial charge in [0.05, 0.1) is 43.7 Å². The minimum absolute atomic E-state index is 0.172. The number of methoxy groups -OCH3 is 1. The molecule has 2 heterocycles. The third kappa shape index (κ3) is 3.53. The van der Waals surface area contributed by atoms with Crippen LogP contribution in [0.5, 0.6) is 0 Å². The van der Waals surface area contributed by atoms with Crippen LogP contribution in [-0.2, 0) is 23.7 Å². The smallest absolute Gasteiger partial charge is 0.337 e. The molecular weight excluding hydrogens is 380 g/mol. The van der Waals surface area contributed by atoms with Gasteiger partial charge in [-0.2, -0.15) is 0 Å². The first kappa shape index (κ1) is 21.4. The van der Waals surface area contributed by atoms with Crippen LogP contribution in [0.15, 0.2) is 11.8 Å². The fourth-order valence-corrected chi connectivity index (χ4v) is 4.16. The Morgan fingerprint density at radius 3 is 2.54 bits per heavy atom. The van der Waals surface area contributed by atoms with Crippen LogP contribution >= 0.6 is 0 Å². The minimum Gasteiger partial charge on any atom is -0.471 e. The standard InChI is InChI=1S/C17H26O11/c1-25-14(23)8-5-26-15(10-7(8)2-3-17(10,24)6-19)28-16-13(22)12(21)11(20)9(4-18)27-16/h5,7,9-13,15-16,18-22,24H,2-4,6H2,1H3/t7-,9?,10-,11?,12?,13?,15?,16?,17+/m1/s1. The van der Waals surface area contributed by atoms with Gasteiger partial charge in [-0.3, -0.25) is 0 Å². The molecule has 28 heavy (non-hydrogen) atoms. The van der Waals surface area contributed by atoms with Crippen molar-refractivity contribution in [2.45, 2.75) is 55.4 Å². The van der Waals surface area contributed by atoms with Crippen LogP contribution in [0, 0.1) is 11.8 Å². The van der Waals surface area contributed by atoms with Gasteiger partial charge in [0.2, 0.25) is 6.29 Å². The lowest BCUT2D eigenvalue weighted by atomic mass is 9.80. The number of rotatable bonds is 5. The zero-order valence-corrected chi connectivity index (χ0v) is 15.2. The monoisotopic (exact) mass is 406 g/mol. The first-order valence-corrected chi connectivity index (χ1v) is 9.00. The molecule has 9 atom stereocenters. The predicted octanol–water partition coefficient (Wildman–Crippen LogP) is -3.03. The molecule has 0 bridgehead atoms. The Kier molecular flexibility index (Phi) is 6.27. The van der Waals surface area contributed by atoms with Gasteiger partial charge in [0.25, 0.3) is 0 Å². The summed E-state index contributed by atoms with van der Waals surface area (Å²) in [4.78, 5) is 12.0. The van der Waals surface area contributed by atoms with Gasteiger partial charge in [-0.05, 0) is 12.8 Å². The summed E-state index contributed by atoms with van der Waals surface area (Å²) >= 11 is 0. The van der Waals surface area contributed by atoms with Gasteiger partial charge in [0.15, 0.2) is 6.29 Å². The van der Waals surface area contributed by atoms with Crippen molar-refractivity contribution in [3.63, 3.8) is 0 Å². The fraction of sp³-hybridized carbons (Fsp3) is 0.824. The molecule has 1 saturated carbocycles. The zero-order chi connectivity index (χ0) is 20.6. The zero-order valence-electron chi connectivity index (χ0n) is 15.2. The van der Waals surface area contributed by atoms with Crippen molar-refractivity contribution in [1.29, 1.82) is 0 Å². The van der Waals surface area contributed by atoms with Gasteiger partial charge in [-0.15, -0.1) is 0 Å². The summed E-state index contributed by atoms with van der Waals surface area (Å²) in [5.74, 6) is -2.05. The predicted molar refractivity (Wildman–Crippen MR) is 88.1 cm³/mol. The Bertz CT molecular complexity index is 608. The molecule has 1 saturated heterocycles. The van der Waals surface area contributed by atoms with Crippen molar-refractivity contribution in [2.24, 2.45) is 11.8 Å². The van der Waals surface area contributed by atoms with Crippen molar-refractivity contribution >= 4 is 5.97 Å². The molecule has 6 N–H and O–H groups in total. The summed E-state index contributed by atoms with van der Waals surface area (Å²) in [6.07, 6.45) is -7.07. The third-order valence-corrected chi connectivity index (χ3v) is 5.78. The van der Waals surface area contributed by atoms with Crippen LogP contribution < -0.4 is 0 Å². The number of carbonyl (C=O) groups excluding carboxylic acids is 1. The van der Waals surface area contributed by atoms with Crippen LogP contribution in [-0.4, -0.2) is 99.5 Å². The molecule has 160 valence electrons. The van der Waals surface area contributed by atoms with Gasteiger partial charge in [0.1, 0.15) is 24.4 Å². The van der Waals surface area contributed by atoms with E-state index in [2.05, 4.69) is 0 Å². The van der Waals surface area contributed by atoms with Gasteiger partial charge < -0.3 is 49.6 Å². The maximum Gasteiger partial charge on any atom is 0.337 e. The largest absolute Gasteiger partial charge is 0.471 e. The summed E-state index contributed by atoms with van der Waals surface area (Å²) in [6.45, 7) is -1.24. The summed E-state index contributed by atoms with van der Waals surface area (Å²) in [7, 11) is 1.21. The van der Waals surface area contributed by atoms with E-state index in [0.717, 1.165) is 6.26 Å². The van der Waals surface area contributed by atoms with Crippen molar-refractivity contribution in [3.8, 4) is 0 Å². The Morgan fingerprint density at radius 1 is 1.21 bits per heavy atom. The number of fused-ring (bicyclic) bond motifs is 1. The van der Waals surface area contributed by atoms with E-state index in [9.17, 15) is 35.4 Å². The highest BCUT2D eigenvalue weighted by atomic mass is 16.8. The van der Waals surface area contributed by atoms with E-state index < -0.39 is 73.6 Å². The molecule has 0 amide bonds. The molecule has 0 aromatic rings. The van der Waals surface area contributed by atoms with E-state index in [0.29, 0.717) is 6.42 Å². The van der Waals surface area contributed by atoms with Gasteiger partial charge in [-0.25, -0.2) is 4.79 Å². The highest BCUT2D eigenvalue weighted by Crippen LogP contribution is 2.49. The lowest BCUT2D eigenvalue weighted by Gasteiger charge is -2.44. The molecule has 0 aromatic carbocycles. The highest BCUT2D eigenvalue weighted by molar-refractivity contribution is 5.89. The molecule has 11 nitrogen and oxygen atoms in total. The van der Waals surface area contributed by atoms with Gasteiger partial charge >= 0.3 is 5.97 Å². The minimum atomic E-state index is -1.66. The number of aliphatic hydroxyl groups excluding tert-OH is 5. The molecule has 3 rings (SSSR count). The fourth-order valence-electron chi connectivity index (χ4n) is 4.16. The molecule has 1 aliphatic carbocycles. The van der Waals surface area contributed by atoms with E-state index in [1.807, 2.05) is 0 Å². The summed E-state index contributed by atoms with van der Waals surface area (Å²) in [6, 6.07) is 0. The molecule has 2 fully saturated rings. The number of aliphatic hydroxyl groups is 6. The number of esters is 1. The van der Waals surface area contributed by atoms with Crippen molar-refractivity contribution in [2.75, 3.05) is 20.3 Å². The molecule has 11 heteroatoms. The molecule has 0 spiro atoms. The summed E-state index contributed by atoms with van der Waals surface area (Å²) in [5.41, 5.74) is -1.43. The second-order valence-electron chi connectivity index (χ2n) is 7.34. The Hall–Kier alpha value is -1.31. The number of hydrogen-bond donors (Lipinski definition) is 6. The number of ether oxygens (including phenoxy) is 4. The van der Waals surface area contributed by atoms with Crippen LogP contribution in [0.2, 0.25) is 0 Å². The average molecular weight is 406 g/mol. The lowest BCUT2D eigenvalue weighted by Crippen LogP contribution is -2.61. The third-order valence-electron chi connectivity index (χ3n) is 5.78. The first-order chi connectivity index (χ1) is 13.3. The second-order valence-corrected chi connectivity index (χ2v) is 7.34. The maximum absolute atomic E-state index is 12.0. The molecule has 0 radical (unpaired) electrons. The van der Waals surface area contributed by atoms with Gasteiger partial charge in [0, 0.05) is 5.92 Å². The van der Waals surface area contributed by atoms with E-state index in [1.54, 1.807) is 0 Å². The number of hydrogen-bond acceptors (Lipinski definition) is 11. The molecule has 2 aliphatic heterocycles. The normalized spacial score (nSPS) is 45.8. The molecule has 6 unspecified atom stereocenters. The van der Waals surface area contributed by atoms with Crippen LogP contribution in [0.4, 0.5) is 0 Å². The van der Waals surface area contributed by atoms with E-state index in [1.165, 1.54) is 7.11 Å². The Labute approximate surface area is 160 Å². The maximum atomic E-state index is 12.0. The number of carbonyl (C=O) groups is 1. The topological polar surface area (TPSA) is 175 Å². The Morgan fingerprint density at radius 2 is 1.93 bits per heavy atom. The quantitative estimate of drug-likeness (QED) is 0.256.